The third-order valence-electron chi connectivity index (χ3n) is 3.40. The van der Waals surface area contributed by atoms with Crippen molar-refractivity contribution in [2.45, 2.75) is 51.5 Å². The lowest BCUT2D eigenvalue weighted by Gasteiger charge is -2.25. The first-order valence-corrected chi connectivity index (χ1v) is 6.87. The molecule has 0 aromatic heterocycles. The van der Waals surface area contributed by atoms with E-state index in [1.165, 1.54) is 13.0 Å². The lowest BCUT2D eigenvalue weighted by Crippen LogP contribution is -2.33. The number of halogens is 2. The molecule has 0 aliphatic carbocycles. The van der Waals surface area contributed by atoms with Gasteiger partial charge in [0.05, 0.1) is 0 Å². The van der Waals surface area contributed by atoms with Gasteiger partial charge < -0.3 is 0 Å². The summed E-state index contributed by atoms with van der Waals surface area (Å²) in [5.74, 6) is -2.68. The number of allylic oxidation sites excluding steroid dienone is 3. The predicted molar refractivity (Wildman–Crippen MR) is 73.4 cm³/mol. The lowest BCUT2D eigenvalue weighted by atomic mass is 10.1. The summed E-state index contributed by atoms with van der Waals surface area (Å²) in [4.78, 5) is 12.9. The van der Waals surface area contributed by atoms with Crippen LogP contribution in [0.1, 0.15) is 39.5 Å². The van der Waals surface area contributed by atoms with E-state index < -0.39 is 5.92 Å². The van der Waals surface area contributed by atoms with Crippen LogP contribution in [-0.2, 0) is 4.79 Å². The summed E-state index contributed by atoms with van der Waals surface area (Å²) >= 11 is 0. The van der Waals surface area contributed by atoms with Crippen LogP contribution in [0.4, 0.5) is 8.78 Å². The maximum Gasteiger partial charge on any atom is 0.267 e. The highest BCUT2D eigenvalue weighted by molar-refractivity contribution is 5.87. The number of likely N-dealkylation sites (tertiary alicyclic amines) is 1. The first-order valence-electron chi connectivity index (χ1n) is 6.87. The van der Waals surface area contributed by atoms with E-state index in [9.17, 15) is 13.6 Å². The van der Waals surface area contributed by atoms with Gasteiger partial charge in [0.25, 0.3) is 5.92 Å². The number of hydrogen-bond donors (Lipinski definition) is 0. The molecule has 108 valence electrons. The molecule has 1 atom stereocenters. The summed E-state index contributed by atoms with van der Waals surface area (Å²) in [5.41, 5.74) is 0. The van der Waals surface area contributed by atoms with Gasteiger partial charge in [0.2, 0.25) is 0 Å². The number of hydrogen-bond acceptors (Lipinski definition) is 2. The summed E-state index contributed by atoms with van der Waals surface area (Å²) in [6, 6.07) is 0.303. The van der Waals surface area contributed by atoms with Crippen molar-refractivity contribution in [2.75, 3.05) is 13.1 Å². The van der Waals surface area contributed by atoms with E-state index in [4.69, 9.17) is 0 Å². The molecule has 1 aliphatic heterocycles. The van der Waals surface area contributed by atoms with Crippen molar-refractivity contribution in [3.05, 3.63) is 24.3 Å². The molecule has 1 aliphatic rings. The molecule has 1 saturated heterocycles. The van der Waals surface area contributed by atoms with Gasteiger partial charge in [-0.2, -0.15) is 0 Å². The third kappa shape index (κ3) is 6.10. The highest BCUT2D eigenvalue weighted by atomic mass is 19.3. The van der Waals surface area contributed by atoms with Gasteiger partial charge >= 0.3 is 0 Å². The van der Waals surface area contributed by atoms with Crippen molar-refractivity contribution in [3.8, 4) is 0 Å². The molecular weight excluding hydrogens is 248 g/mol. The zero-order chi connectivity index (χ0) is 14.3. The molecule has 0 N–H and O–H groups in total. The van der Waals surface area contributed by atoms with E-state index in [1.807, 2.05) is 6.08 Å². The van der Waals surface area contributed by atoms with Gasteiger partial charge in [-0.15, -0.1) is 0 Å². The van der Waals surface area contributed by atoms with Crippen LogP contribution in [0, 0.1) is 0 Å². The molecule has 1 fully saturated rings. The van der Waals surface area contributed by atoms with Gasteiger partial charge in [-0.05, 0) is 51.8 Å². The Kier molecular flexibility index (Phi) is 6.35. The Bertz CT molecular complexity index is 350. The zero-order valence-electron chi connectivity index (χ0n) is 11.7. The highest BCUT2D eigenvalue weighted by Gasteiger charge is 2.29. The summed E-state index contributed by atoms with van der Waals surface area (Å²) in [7, 11) is 0. The Morgan fingerprint density at radius 1 is 1.47 bits per heavy atom. The van der Waals surface area contributed by atoms with Gasteiger partial charge in [0.15, 0.2) is 5.78 Å². The Labute approximate surface area is 114 Å². The molecule has 0 amide bonds. The Hall–Kier alpha value is -1.03. The topological polar surface area (TPSA) is 20.3 Å². The molecule has 0 aromatic rings. The van der Waals surface area contributed by atoms with Gasteiger partial charge in [-0.25, -0.2) is 8.78 Å². The lowest BCUT2D eigenvalue weighted by molar-refractivity contribution is -0.112. The monoisotopic (exact) mass is 271 g/mol. The van der Waals surface area contributed by atoms with Crippen LogP contribution in [0.25, 0.3) is 0 Å². The number of nitrogens with zero attached hydrogens (tertiary/aromatic N) is 1. The second-order valence-electron chi connectivity index (χ2n) is 5.09. The first-order chi connectivity index (χ1) is 8.94. The van der Waals surface area contributed by atoms with Gasteiger partial charge in [-0.3, -0.25) is 9.69 Å². The smallest absolute Gasteiger partial charge is 0.267 e. The van der Waals surface area contributed by atoms with Crippen molar-refractivity contribution in [2.24, 2.45) is 0 Å². The minimum absolute atomic E-state index is 0.0316. The summed E-state index contributed by atoms with van der Waals surface area (Å²) in [5, 5.41) is 0. The van der Waals surface area contributed by atoms with E-state index >= 15 is 0 Å². The molecule has 2 nitrogen and oxygen atoms in total. The SMILES string of the molecule is C/C=C/C(F)(F)CCN1CCCC1C/C=C/C(C)=O. The molecule has 1 unspecified atom stereocenters. The van der Waals surface area contributed by atoms with Crippen LogP contribution in [0.5, 0.6) is 0 Å². The normalized spacial score (nSPS) is 21.8. The summed E-state index contributed by atoms with van der Waals surface area (Å²) in [6.45, 7) is 4.42. The molecule has 0 bridgehead atoms. The molecule has 0 aromatic carbocycles. The van der Waals surface area contributed by atoms with Crippen LogP contribution in [-0.4, -0.2) is 35.7 Å². The fraction of sp³-hybridized carbons (Fsp3) is 0.667. The van der Waals surface area contributed by atoms with Gasteiger partial charge in [0, 0.05) is 19.0 Å². The molecule has 0 saturated carbocycles. The largest absolute Gasteiger partial charge is 0.300 e. The number of carbonyl (C=O) groups excluding carboxylic acids is 1. The zero-order valence-corrected chi connectivity index (χ0v) is 11.7. The highest BCUT2D eigenvalue weighted by Crippen LogP contribution is 2.25. The number of alkyl halides is 2. The Morgan fingerprint density at radius 2 is 2.21 bits per heavy atom. The minimum atomic E-state index is -2.71. The summed E-state index contributed by atoms with van der Waals surface area (Å²) in [6.07, 6.45) is 8.50. The van der Waals surface area contributed by atoms with Crippen LogP contribution >= 0.6 is 0 Å². The molecule has 0 radical (unpaired) electrons. The van der Waals surface area contributed by atoms with Crippen molar-refractivity contribution >= 4 is 5.78 Å². The summed E-state index contributed by atoms with van der Waals surface area (Å²) < 4.78 is 26.8. The average Bonchev–Trinajstić information content (AvgIpc) is 2.74. The molecule has 1 rings (SSSR count). The van der Waals surface area contributed by atoms with E-state index in [0.29, 0.717) is 12.6 Å². The number of ketones is 1. The van der Waals surface area contributed by atoms with Crippen molar-refractivity contribution < 1.29 is 13.6 Å². The van der Waals surface area contributed by atoms with Gasteiger partial charge in [0.1, 0.15) is 0 Å². The molecule has 1 heterocycles. The van der Waals surface area contributed by atoms with E-state index in [1.54, 1.807) is 13.0 Å². The quantitative estimate of drug-likeness (QED) is 0.521. The second kappa shape index (κ2) is 7.53. The number of rotatable bonds is 7. The molecule has 0 spiro atoms. The van der Waals surface area contributed by atoms with E-state index in [2.05, 4.69) is 4.90 Å². The van der Waals surface area contributed by atoms with Crippen LogP contribution in [0.15, 0.2) is 24.3 Å². The minimum Gasteiger partial charge on any atom is -0.300 e. The maximum absolute atomic E-state index is 13.4. The molecule has 19 heavy (non-hydrogen) atoms. The predicted octanol–water partition coefficient (Wildman–Crippen LogP) is 3.59. The molecular formula is C15H23F2NO. The fourth-order valence-corrected chi connectivity index (χ4v) is 2.47. The third-order valence-corrected chi connectivity index (χ3v) is 3.40. The van der Waals surface area contributed by atoms with Crippen LogP contribution in [0.3, 0.4) is 0 Å². The van der Waals surface area contributed by atoms with Crippen LogP contribution in [0.2, 0.25) is 0 Å². The first kappa shape index (κ1) is 16.0. The second-order valence-corrected chi connectivity index (χ2v) is 5.09. The Morgan fingerprint density at radius 3 is 2.84 bits per heavy atom. The fourth-order valence-electron chi connectivity index (χ4n) is 2.47. The van der Waals surface area contributed by atoms with E-state index in [0.717, 1.165) is 31.9 Å². The average molecular weight is 271 g/mol. The maximum atomic E-state index is 13.4. The Balaban J connectivity index is 2.42. The van der Waals surface area contributed by atoms with Crippen LogP contribution < -0.4 is 0 Å². The standard InChI is InChI=1S/C15H23F2NO/c1-3-9-15(16,17)10-12-18-11-5-8-14(18)7-4-6-13(2)19/h3-4,6,9,14H,5,7-8,10-12H2,1-2H3/b6-4+,9-3+. The van der Waals surface area contributed by atoms with Crippen molar-refractivity contribution in [1.82, 2.24) is 4.90 Å². The van der Waals surface area contributed by atoms with Crippen molar-refractivity contribution in [3.63, 3.8) is 0 Å². The van der Waals surface area contributed by atoms with E-state index in [-0.39, 0.29) is 12.2 Å². The van der Waals surface area contributed by atoms with Gasteiger partial charge in [-0.1, -0.05) is 12.2 Å². The number of carbonyl (C=O) groups is 1. The molecule has 4 heteroatoms. The van der Waals surface area contributed by atoms with Crippen molar-refractivity contribution in [1.29, 1.82) is 0 Å².